The molecule has 0 heterocycles. The molecule has 148 valence electrons. The van der Waals surface area contributed by atoms with Gasteiger partial charge in [0.1, 0.15) is 6.61 Å². The van der Waals surface area contributed by atoms with Crippen molar-refractivity contribution in [1.82, 2.24) is 4.72 Å². The van der Waals surface area contributed by atoms with Gasteiger partial charge in [-0.2, -0.15) is 0 Å². The van der Waals surface area contributed by atoms with E-state index in [1.54, 1.807) is 0 Å². The van der Waals surface area contributed by atoms with Gasteiger partial charge < -0.3 is 4.74 Å². The molecular weight excluding hydrogens is 384 g/mol. The van der Waals surface area contributed by atoms with Crippen LogP contribution < -0.4 is 4.72 Å². The molecular formula is C19H20N2O6S. The Balaban J connectivity index is 2.19. The van der Waals surface area contributed by atoms with E-state index in [0.717, 1.165) is 29.8 Å². The molecule has 1 atom stereocenters. The fourth-order valence-corrected chi connectivity index (χ4v) is 3.74. The maximum atomic E-state index is 12.7. The molecule has 0 amide bonds. The van der Waals surface area contributed by atoms with Crippen molar-refractivity contribution in [3.8, 4) is 0 Å². The van der Waals surface area contributed by atoms with Gasteiger partial charge in [0.15, 0.2) is 0 Å². The van der Waals surface area contributed by atoms with Crippen molar-refractivity contribution >= 4 is 21.7 Å². The Morgan fingerprint density at radius 2 is 1.82 bits per heavy atom. The SMILES string of the molecule is C=CCOC(=O)C[C@H](Cc1ccccc1)NS(=O)(=O)c1ccc([N+](=O)[O-])cc1. The van der Waals surface area contributed by atoms with Crippen LogP contribution >= 0.6 is 0 Å². The van der Waals surface area contributed by atoms with Crippen molar-refractivity contribution < 1.29 is 22.9 Å². The van der Waals surface area contributed by atoms with Gasteiger partial charge in [-0.3, -0.25) is 14.9 Å². The highest BCUT2D eigenvalue weighted by atomic mass is 32.2. The molecule has 0 spiro atoms. The Hall–Kier alpha value is -3.04. The van der Waals surface area contributed by atoms with Crippen molar-refractivity contribution in [3.63, 3.8) is 0 Å². The fraction of sp³-hybridized carbons (Fsp3) is 0.211. The number of nitro benzene ring substituents is 1. The van der Waals surface area contributed by atoms with Crippen LogP contribution in [0, 0.1) is 10.1 Å². The first kappa shape index (κ1) is 21.3. The number of nitro groups is 1. The van der Waals surface area contributed by atoms with E-state index in [2.05, 4.69) is 11.3 Å². The summed E-state index contributed by atoms with van der Waals surface area (Å²) in [6, 6.07) is 12.9. The summed E-state index contributed by atoms with van der Waals surface area (Å²) in [5.41, 5.74) is 0.628. The van der Waals surface area contributed by atoms with Gasteiger partial charge in [-0.1, -0.05) is 43.0 Å². The largest absolute Gasteiger partial charge is 0.461 e. The Labute approximate surface area is 163 Å². The summed E-state index contributed by atoms with van der Waals surface area (Å²) in [7, 11) is -3.99. The number of sulfonamides is 1. The van der Waals surface area contributed by atoms with Crippen molar-refractivity contribution in [2.45, 2.75) is 23.8 Å². The van der Waals surface area contributed by atoms with Gasteiger partial charge in [0, 0.05) is 18.2 Å². The minimum atomic E-state index is -3.99. The number of carbonyl (C=O) groups is 1. The maximum absolute atomic E-state index is 12.7. The van der Waals surface area contributed by atoms with Crippen LogP contribution in [-0.2, 0) is 26.0 Å². The Morgan fingerprint density at radius 3 is 2.39 bits per heavy atom. The quantitative estimate of drug-likeness (QED) is 0.282. The minimum Gasteiger partial charge on any atom is -0.461 e. The van der Waals surface area contributed by atoms with E-state index in [9.17, 15) is 23.3 Å². The number of nitrogens with one attached hydrogen (secondary N) is 1. The van der Waals surface area contributed by atoms with Gasteiger partial charge in [-0.05, 0) is 24.1 Å². The van der Waals surface area contributed by atoms with Gasteiger partial charge in [0.2, 0.25) is 10.0 Å². The molecule has 0 aliphatic heterocycles. The molecule has 0 radical (unpaired) electrons. The molecule has 9 heteroatoms. The third kappa shape index (κ3) is 6.29. The van der Waals surface area contributed by atoms with Gasteiger partial charge in [0.25, 0.3) is 5.69 Å². The highest BCUT2D eigenvalue weighted by Gasteiger charge is 2.24. The van der Waals surface area contributed by atoms with Crippen LogP contribution in [0.25, 0.3) is 0 Å². The Bertz CT molecular complexity index is 927. The fourth-order valence-electron chi connectivity index (χ4n) is 2.50. The van der Waals surface area contributed by atoms with E-state index >= 15 is 0 Å². The predicted octanol–water partition coefficient (Wildman–Crippen LogP) is 2.60. The summed E-state index contributed by atoms with van der Waals surface area (Å²) in [4.78, 5) is 22.0. The third-order valence-corrected chi connectivity index (χ3v) is 5.32. The zero-order valence-electron chi connectivity index (χ0n) is 15.0. The van der Waals surface area contributed by atoms with Crippen LogP contribution in [0.5, 0.6) is 0 Å². The minimum absolute atomic E-state index is 0.0337. The first-order valence-corrected chi connectivity index (χ1v) is 9.87. The van der Waals surface area contributed by atoms with Gasteiger partial charge in [-0.15, -0.1) is 0 Å². The van der Waals surface area contributed by atoms with Gasteiger partial charge in [0.05, 0.1) is 16.2 Å². The van der Waals surface area contributed by atoms with Crippen molar-refractivity contribution in [2.75, 3.05) is 6.61 Å². The lowest BCUT2D eigenvalue weighted by molar-refractivity contribution is -0.384. The number of carbonyl (C=O) groups excluding carboxylic acids is 1. The first-order valence-electron chi connectivity index (χ1n) is 8.39. The van der Waals surface area contributed by atoms with E-state index in [1.807, 2.05) is 30.3 Å². The van der Waals surface area contributed by atoms with Crippen LogP contribution in [0.4, 0.5) is 5.69 Å². The molecule has 0 fully saturated rings. The number of rotatable bonds is 10. The number of hydrogen-bond donors (Lipinski definition) is 1. The molecule has 8 nitrogen and oxygen atoms in total. The number of ether oxygens (including phenoxy) is 1. The predicted molar refractivity (Wildman–Crippen MR) is 103 cm³/mol. The maximum Gasteiger partial charge on any atom is 0.307 e. The zero-order valence-corrected chi connectivity index (χ0v) is 15.8. The van der Waals surface area contributed by atoms with Gasteiger partial charge >= 0.3 is 5.97 Å². The van der Waals surface area contributed by atoms with Crippen LogP contribution in [0.1, 0.15) is 12.0 Å². The van der Waals surface area contributed by atoms with Crippen LogP contribution in [-0.4, -0.2) is 32.0 Å². The number of nitrogens with zero attached hydrogens (tertiary/aromatic N) is 1. The molecule has 0 aliphatic carbocycles. The normalized spacial score (nSPS) is 12.1. The molecule has 2 aromatic carbocycles. The second kappa shape index (κ2) is 9.77. The number of hydrogen-bond acceptors (Lipinski definition) is 6. The summed E-state index contributed by atoms with van der Waals surface area (Å²) in [5.74, 6) is -0.563. The van der Waals surface area contributed by atoms with Crippen molar-refractivity contribution in [2.24, 2.45) is 0 Å². The summed E-state index contributed by atoms with van der Waals surface area (Å²) < 4.78 is 32.8. The average Bonchev–Trinajstić information content (AvgIpc) is 2.67. The van der Waals surface area contributed by atoms with Gasteiger partial charge in [-0.25, -0.2) is 13.1 Å². The van der Waals surface area contributed by atoms with E-state index < -0.39 is 27.0 Å². The number of non-ortho nitro benzene ring substituents is 1. The zero-order chi connectivity index (χ0) is 20.6. The van der Waals surface area contributed by atoms with E-state index in [0.29, 0.717) is 0 Å². The molecule has 0 aromatic heterocycles. The lowest BCUT2D eigenvalue weighted by atomic mass is 10.0. The van der Waals surface area contributed by atoms with Crippen molar-refractivity contribution in [3.05, 3.63) is 82.9 Å². The summed E-state index contributed by atoms with van der Waals surface area (Å²) in [6.07, 6.45) is 1.52. The smallest absolute Gasteiger partial charge is 0.307 e. The van der Waals surface area contributed by atoms with E-state index in [1.165, 1.54) is 6.08 Å². The van der Waals surface area contributed by atoms with Crippen LogP contribution in [0.2, 0.25) is 0 Å². The molecule has 0 saturated carbocycles. The number of benzene rings is 2. The average molecular weight is 404 g/mol. The monoisotopic (exact) mass is 404 g/mol. The molecule has 0 bridgehead atoms. The van der Waals surface area contributed by atoms with Crippen LogP contribution in [0.15, 0.2) is 72.1 Å². The standard InChI is InChI=1S/C19H20N2O6S/c1-2-12-27-19(22)14-16(13-15-6-4-3-5-7-15)20-28(25,26)18-10-8-17(9-11-18)21(23)24/h2-11,16,20H,1,12-14H2/t16-/m0/s1. The van der Waals surface area contributed by atoms with Crippen molar-refractivity contribution in [1.29, 1.82) is 0 Å². The first-order chi connectivity index (χ1) is 13.3. The van der Waals surface area contributed by atoms with E-state index in [-0.39, 0.29) is 30.0 Å². The second-order valence-electron chi connectivity index (χ2n) is 5.93. The lowest BCUT2D eigenvalue weighted by Gasteiger charge is -2.18. The van der Waals surface area contributed by atoms with Crippen LogP contribution in [0.3, 0.4) is 0 Å². The number of esters is 1. The molecule has 0 unspecified atom stereocenters. The highest BCUT2D eigenvalue weighted by molar-refractivity contribution is 7.89. The molecule has 2 aromatic rings. The molecule has 2 rings (SSSR count). The molecule has 1 N–H and O–H groups in total. The Kier molecular flexibility index (Phi) is 7.42. The second-order valence-corrected chi connectivity index (χ2v) is 7.65. The third-order valence-electron chi connectivity index (χ3n) is 3.78. The molecule has 0 saturated heterocycles. The topological polar surface area (TPSA) is 116 Å². The highest BCUT2D eigenvalue weighted by Crippen LogP contribution is 2.17. The molecule has 0 aliphatic rings. The summed E-state index contributed by atoms with van der Waals surface area (Å²) >= 11 is 0. The lowest BCUT2D eigenvalue weighted by Crippen LogP contribution is -2.38. The molecule has 28 heavy (non-hydrogen) atoms. The summed E-state index contributed by atoms with van der Waals surface area (Å²) in [5, 5.41) is 10.7. The summed E-state index contributed by atoms with van der Waals surface area (Å²) in [6.45, 7) is 3.50. The van der Waals surface area contributed by atoms with E-state index in [4.69, 9.17) is 4.74 Å². The Morgan fingerprint density at radius 1 is 1.18 bits per heavy atom.